The minimum Gasteiger partial charge on any atom is -0.379 e. The Bertz CT molecular complexity index is 318. The first-order chi connectivity index (χ1) is 8.69. The maximum absolute atomic E-state index is 5.58. The summed E-state index contributed by atoms with van der Waals surface area (Å²) in [7, 11) is 3.63. The molecular weight excluding hydrogens is 238 g/mol. The molecule has 1 fully saturated rings. The molecule has 0 spiro atoms. The lowest BCUT2D eigenvalue weighted by molar-refractivity contribution is 0.0202. The van der Waals surface area contributed by atoms with Crippen LogP contribution < -0.4 is 5.32 Å². The lowest BCUT2D eigenvalue weighted by Crippen LogP contribution is -2.46. The van der Waals surface area contributed by atoms with Gasteiger partial charge in [0.25, 0.3) is 0 Å². The van der Waals surface area contributed by atoms with Gasteiger partial charge in [-0.15, -0.1) is 0 Å². The number of likely N-dealkylation sites (tertiary alicyclic amines) is 1. The molecule has 4 nitrogen and oxygen atoms in total. The van der Waals surface area contributed by atoms with Crippen LogP contribution in [0.15, 0.2) is 4.99 Å². The summed E-state index contributed by atoms with van der Waals surface area (Å²) in [5, 5.41) is 3.46. The smallest absolute Gasteiger partial charge is 0.193 e. The highest BCUT2D eigenvalue weighted by Crippen LogP contribution is 2.28. The van der Waals surface area contributed by atoms with Gasteiger partial charge in [-0.25, -0.2) is 0 Å². The van der Waals surface area contributed by atoms with Gasteiger partial charge < -0.3 is 15.0 Å². The molecule has 0 aliphatic carbocycles. The maximum Gasteiger partial charge on any atom is 0.193 e. The molecule has 1 rings (SSSR count). The summed E-state index contributed by atoms with van der Waals surface area (Å²) >= 11 is 0. The lowest BCUT2D eigenvalue weighted by Gasteiger charge is -2.31. The Hall–Kier alpha value is -0.770. The topological polar surface area (TPSA) is 36.9 Å². The number of ether oxygens (including phenoxy) is 1. The Morgan fingerprint density at radius 2 is 2.05 bits per heavy atom. The van der Waals surface area contributed by atoms with Gasteiger partial charge in [-0.1, -0.05) is 34.6 Å². The second-order valence-corrected chi connectivity index (χ2v) is 7.35. The van der Waals surface area contributed by atoms with Crippen LogP contribution in [0.25, 0.3) is 0 Å². The number of aliphatic imine (C=N–C) groups is 1. The number of hydrogen-bond donors (Lipinski definition) is 1. The number of nitrogens with zero attached hydrogens (tertiary/aromatic N) is 2. The third kappa shape index (κ3) is 4.68. The molecule has 1 N–H and O–H groups in total. The van der Waals surface area contributed by atoms with Crippen molar-refractivity contribution in [3.05, 3.63) is 0 Å². The second-order valence-electron chi connectivity index (χ2n) is 7.35. The molecule has 0 bridgehead atoms. The minimum atomic E-state index is 0.130. The van der Waals surface area contributed by atoms with Crippen LogP contribution in [0.2, 0.25) is 0 Å². The Morgan fingerprint density at radius 1 is 1.42 bits per heavy atom. The van der Waals surface area contributed by atoms with E-state index >= 15 is 0 Å². The first-order valence-corrected chi connectivity index (χ1v) is 7.18. The predicted octanol–water partition coefficient (Wildman–Crippen LogP) is 2.35. The number of nitrogens with one attached hydrogen (secondary N) is 1. The van der Waals surface area contributed by atoms with Crippen molar-refractivity contribution in [2.45, 2.75) is 47.1 Å². The van der Waals surface area contributed by atoms with E-state index in [0.29, 0.717) is 5.41 Å². The fourth-order valence-electron chi connectivity index (χ4n) is 2.55. The summed E-state index contributed by atoms with van der Waals surface area (Å²) in [5.41, 5.74) is 0.521. The van der Waals surface area contributed by atoms with Gasteiger partial charge in [0.15, 0.2) is 5.96 Å². The largest absolute Gasteiger partial charge is 0.379 e. The highest BCUT2D eigenvalue weighted by molar-refractivity contribution is 5.80. The van der Waals surface area contributed by atoms with Gasteiger partial charge in [-0.3, -0.25) is 4.99 Å². The van der Waals surface area contributed by atoms with Crippen molar-refractivity contribution in [1.82, 2.24) is 10.2 Å². The summed E-state index contributed by atoms with van der Waals surface area (Å²) in [6.45, 7) is 14.2. The molecule has 0 aromatic heterocycles. The molecule has 1 saturated heterocycles. The van der Waals surface area contributed by atoms with Crippen molar-refractivity contribution in [2.24, 2.45) is 15.8 Å². The van der Waals surface area contributed by atoms with E-state index in [1.165, 1.54) is 6.42 Å². The molecule has 19 heavy (non-hydrogen) atoms. The molecule has 0 aromatic rings. The highest BCUT2D eigenvalue weighted by atomic mass is 16.5. The maximum atomic E-state index is 5.58. The van der Waals surface area contributed by atoms with Crippen LogP contribution in [-0.2, 0) is 4.74 Å². The van der Waals surface area contributed by atoms with Crippen LogP contribution in [0.1, 0.15) is 41.0 Å². The monoisotopic (exact) mass is 269 g/mol. The van der Waals surface area contributed by atoms with E-state index < -0.39 is 0 Å². The zero-order valence-corrected chi connectivity index (χ0v) is 13.7. The zero-order valence-electron chi connectivity index (χ0n) is 13.7. The average molecular weight is 269 g/mol. The zero-order chi connectivity index (χ0) is 14.7. The van der Waals surface area contributed by atoms with E-state index in [0.717, 1.165) is 25.6 Å². The van der Waals surface area contributed by atoms with Crippen LogP contribution in [0.3, 0.4) is 0 Å². The number of guanidine groups is 1. The Balaban J connectivity index is 2.55. The van der Waals surface area contributed by atoms with Crippen LogP contribution in [0.4, 0.5) is 0 Å². The SMILES string of the molecule is CN=C(NCC(OC)C(C)(C)C)N1CCC(C)(C)C1. The third-order valence-corrected chi connectivity index (χ3v) is 3.88. The number of hydrogen-bond acceptors (Lipinski definition) is 2. The highest BCUT2D eigenvalue weighted by Gasteiger charge is 2.31. The van der Waals surface area contributed by atoms with Crippen molar-refractivity contribution in [1.29, 1.82) is 0 Å². The fourth-order valence-corrected chi connectivity index (χ4v) is 2.55. The molecule has 0 saturated carbocycles. The Labute approximate surface area is 118 Å². The molecule has 112 valence electrons. The van der Waals surface area contributed by atoms with E-state index in [1.54, 1.807) is 7.11 Å². The number of methoxy groups -OCH3 is 1. The summed E-state index contributed by atoms with van der Waals surface area (Å²) in [4.78, 5) is 6.74. The van der Waals surface area contributed by atoms with Crippen LogP contribution in [0, 0.1) is 10.8 Å². The lowest BCUT2D eigenvalue weighted by atomic mass is 9.89. The van der Waals surface area contributed by atoms with E-state index in [9.17, 15) is 0 Å². The van der Waals surface area contributed by atoms with E-state index in [1.807, 2.05) is 7.05 Å². The fraction of sp³-hybridized carbons (Fsp3) is 0.933. The van der Waals surface area contributed by atoms with Crippen molar-refractivity contribution < 1.29 is 4.74 Å². The minimum absolute atomic E-state index is 0.130. The Kier molecular flexibility index (Phi) is 5.25. The molecule has 0 radical (unpaired) electrons. The summed E-state index contributed by atoms with van der Waals surface area (Å²) < 4.78 is 5.58. The molecule has 1 aliphatic heterocycles. The van der Waals surface area contributed by atoms with Gasteiger partial charge in [-0.05, 0) is 17.3 Å². The molecule has 1 atom stereocenters. The molecular formula is C15H31N3O. The Morgan fingerprint density at radius 3 is 2.42 bits per heavy atom. The van der Waals surface area contributed by atoms with Crippen molar-refractivity contribution in [3.8, 4) is 0 Å². The van der Waals surface area contributed by atoms with Gasteiger partial charge in [-0.2, -0.15) is 0 Å². The van der Waals surface area contributed by atoms with Gasteiger partial charge in [0.2, 0.25) is 0 Å². The van der Waals surface area contributed by atoms with Crippen molar-refractivity contribution >= 4 is 5.96 Å². The van der Waals surface area contributed by atoms with E-state index in [-0.39, 0.29) is 11.5 Å². The summed E-state index contributed by atoms with van der Waals surface area (Å²) in [5.74, 6) is 0.997. The molecule has 1 heterocycles. The predicted molar refractivity (Wildman–Crippen MR) is 81.6 cm³/mol. The third-order valence-electron chi connectivity index (χ3n) is 3.88. The molecule has 0 aromatic carbocycles. The average Bonchev–Trinajstić information content (AvgIpc) is 2.63. The molecule has 0 amide bonds. The van der Waals surface area contributed by atoms with Crippen LogP contribution in [0.5, 0.6) is 0 Å². The molecule has 1 aliphatic rings. The molecule has 4 heteroatoms. The standard InChI is InChI=1S/C15H31N3O/c1-14(2,3)12(19-7)10-17-13(16-6)18-9-8-15(4,5)11-18/h12H,8-11H2,1-7H3,(H,16,17). The molecule has 1 unspecified atom stereocenters. The first kappa shape index (κ1) is 16.3. The van der Waals surface area contributed by atoms with Gasteiger partial charge in [0.1, 0.15) is 0 Å². The van der Waals surface area contributed by atoms with Crippen molar-refractivity contribution in [2.75, 3.05) is 33.8 Å². The first-order valence-electron chi connectivity index (χ1n) is 7.18. The van der Waals surface area contributed by atoms with E-state index in [2.05, 4.69) is 49.8 Å². The van der Waals surface area contributed by atoms with Gasteiger partial charge >= 0.3 is 0 Å². The normalized spacial score (nSPS) is 21.6. The number of rotatable bonds is 3. The van der Waals surface area contributed by atoms with Crippen LogP contribution >= 0.6 is 0 Å². The second kappa shape index (κ2) is 6.12. The van der Waals surface area contributed by atoms with E-state index in [4.69, 9.17) is 4.74 Å². The summed E-state index contributed by atoms with van der Waals surface area (Å²) in [6, 6.07) is 0. The van der Waals surface area contributed by atoms with Gasteiger partial charge in [0.05, 0.1) is 6.10 Å². The van der Waals surface area contributed by atoms with Crippen LogP contribution in [-0.4, -0.2) is 50.8 Å². The van der Waals surface area contributed by atoms with Gasteiger partial charge in [0, 0.05) is 33.8 Å². The van der Waals surface area contributed by atoms with Crippen molar-refractivity contribution in [3.63, 3.8) is 0 Å². The quantitative estimate of drug-likeness (QED) is 0.631. The summed E-state index contributed by atoms with van der Waals surface area (Å²) in [6.07, 6.45) is 1.40.